The molecule has 0 amide bonds. The van der Waals surface area contributed by atoms with Crippen molar-refractivity contribution in [2.75, 3.05) is 13.2 Å². The fourth-order valence-electron chi connectivity index (χ4n) is 5.11. The molecule has 1 unspecified atom stereocenters. The lowest BCUT2D eigenvalue weighted by Gasteiger charge is -2.37. The average Bonchev–Trinajstić information content (AvgIpc) is 3.18. The van der Waals surface area contributed by atoms with E-state index in [-0.39, 0.29) is 36.9 Å². The van der Waals surface area contributed by atoms with Crippen LogP contribution in [0.5, 0.6) is 0 Å². The van der Waals surface area contributed by atoms with Crippen LogP contribution >= 0.6 is 0 Å². The largest absolute Gasteiger partial charge is 0.347 e. The Hall–Kier alpha value is -2.54. The van der Waals surface area contributed by atoms with E-state index in [0.29, 0.717) is 13.2 Å². The number of ether oxygens (including phenoxy) is 4. The smallest absolute Gasteiger partial charge is 0.184 e. The molecule has 3 fully saturated rings. The summed E-state index contributed by atoms with van der Waals surface area (Å²) in [5.74, 6) is 0. The molecule has 6 atom stereocenters. The van der Waals surface area contributed by atoms with Gasteiger partial charge < -0.3 is 18.9 Å². The number of nitrogens with zero attached hydrogens (tertiary/aromatic N) is 1. The van der Waals surface area contributed by atoms with E-state index in [4.69, 9.17) is 18.9 Å². The van der Waals surface area contributed by atoms with Crippen LogP contribution in [0.15, 0.2) is 91.0 Å². The van der Waals surface area contributed by atoms with Gasteiger partial charge in [-0.2, -0.15) is 0 Å². The fourth-order valence-corrected chi connectivity index (χ4v) is 5.11. The van der Waals surface area contributed by atoms with Gasteiger partial charge >= 0.3 is 0 Å². The molecule has 0 aliphatic carbocycles. The molecular formula is C27H27NO4. The highest BCUT2D eigenvalue weighted by molar-refractivity contribution is 5.21. The van der Waals surface area contributed by atoms with Gasteiger partial charge in [0.05, 0.1) is 25.3 Å². The summed E-state index contributed by atoms with van der Waals surface area (Å²) in [6, 6.07) is 31.1. The minimum atomic E-state index is -0.378. The summed E-state index contributed by atoms with van der Waals surface area (Å²) < 4.78 is 25.6. The van der Waals surface area contributed by atoms with E-state index in [1.165, 1.54) is 5.56 Å². The zero-order chi connectivity index (χ0) is 21.3. The third-order valence-corrected chi connectivity index (χ3v) is 6.68. The van der Waals surface area contributed by atoms with Gasteiger partial charge in [-0.1, -0.05) is 91.0 Å². The van der Waals surface area contributed by atoms with Crippen LogP contribution in [0.25, 0.3) is 0 Å². The first kappa shape index (κ1) is 20.1. The zero-order valence-corrected chi connectivity index (χ0v) is 17.8. The Morgan fingerprint density at radius 1 is 0.594 bits per heavy atom. The second-order valence-corrected chi connectivity index (χ2v) is 8.65. The van der Waals surface area contributed by atoms with Crippen LogP contribution in [0.1, 0.15) is 29.3 Å². The number of hydrogen-bond acceptors (Lipinski definition) is 5. The van der Waals surface area contributed by atoms with Crippen LogP contribution in [-0.4, -0.2) is 42.4 Å². The van der Waals surface area contributed by atoms with Crippen LogP contribution in [0, 0.1) is 0 Å². The van der Waals surface area contributed by atoms with Crippen molar-refractivity contribution >= 4 is 0 Å². The predicted octanol–water partition coefficient (Wildman–Crippen LogP) is 4.47. The van der Waals surface area contributed by atoms with Crippen molar-refractivity contribution in [3.05, 3.63) is 108 Å². The van der Waals surface area contributed by atoms with E-state index in [1.807, 2.05) is 42.5 Å². The molecule has 3 aliphatic heterocycles. The molecule has 3 aliphatic rings. The Morgan fingerprint density at radius 2 is 1.03 bits per heavy atom. The summed E-state index contributed by atoms with van der Waals surface area (Å²) in [6.07, 6.45) is -0.927. The molecule has 5 nitrogen and oxygen atoms in total. The highest BCUT2D eigenvalue weighted by atomic mass is 16.7. The van der Waals surface area contributed by atoms with Crippen LogP contribution in [0.2, 0.25) is 0 Å². The number of rotatable bonds is 4. The fraction of sp³-hybridized carbons (Fsp3) is 0.333. The van der Waals surface area contributed by atoms with Crippen molar-refractivity contribution in [1.82, 2.24) is 4.90 Å². The van der Waals surface area contributed by atoms with Crippen LogP contribution in [0.4, 0.5) is 0 Å². The van der Waals surface area contributed by atoms with E-state index in [9.17, 15) is 0 Å². The standard InChI is InChI=1S/C27H27NO4/c1-4-10-19(11-5-1)16-28-22-17-29-26(20-12-6-2-7-13-20)31-24(22)25-23(28)18-30-27(32-25)21-14-8-3-9-15-21/h1-15,22-27H,16-18H2/t22-,23-,24+,25?,26+,27+/m0/s1. The van der Waals surface area contributed by atoms with E-state index in [1.54, 1.807) is 0 Å². The molecule has 0 N–H and O–H groups in total. The van der Waals surface area contributed by atoms with E-state index >= 15 is 0 Å². The first-order valence-corrected chi connectivity index (χ1v) is 11.3. The molecule has 0 bridgehead atoms. The van der Waals surface area contributed by atoms with Crippen molar-refractivity contribution in [1.29, 1.82) is 0 Å². The van der Waals surface area contributed by atoms with Gasteiger partial charge in [0, 0.05) is 17.7 Å². The Bertz CT molecular complexity index is 952. The van der Waals surface area contributed by atoms with E-state index in [2.05, 4.69) is 53.4 Å². The Kier molecular flexibility index (Phi) is 5.51. The molecule has 164 valence electrons. The third-order valence-electron chi connectivity index (χ3n) is 6.68. The molecule has 3 heterocycles. The van der Waals surface area contributed by atoms with Crippen LogP contribution in [0.3, 0.4) is 0 Å². The van der Waals surface area contributed by atoms with Gasteiger partial charge in [-0.05, 0) is 5.56 Å². The van der Waals surface area contributed by atoms with Crippen LogP contribution < -0.4 is 0 Å². The molecule has 3 aromatic rings. The molecular weight excluding hydrogens is 402 g/mol. The molecule has 5 heteroatoms. The minimum absolute atomic E-state index is 0.0854. The number of benzene rings is 3. The summed E-state index contributed by atoms with van der Waals surface area (Å²) in [4.78, 5) is 2.45. The summed E-state index contributed by atoms with van der Waals surface area (Å²) in [7, 11) is 0. The predicted molar refractivity (Wildman–Crippen MR) is 120 cm³/mol. The maximum atomic E-state index is 6.57. The summed E-state index contributed by atoms with van der Waals surface area (Å²) in [5, 5.41) is 0. The topological polar surface area (TPSA) is 40.2 Å². The third kappa shape index (κ3) is 3.76. The SMILES string of the molecule is c1ccc(CN2[C@H]3CO[C@@H](c4ccccc4)OC3[C@@H]3O[C@H](c4ccccc4)OC[C@@H]32)cc1. The lowest BCUT2D eigenvalue weighted by Crippen LogP contribution is -2.47. The van der Waals surface area contributed by atoms with E-state index < -0.39 is 0 Å². The van der Waals surface area contributed by atoms with Gasteiger partial charge in [0.1, 0.15) is 12.2 Å². The number of hydrogen-bond donors (Lipinski definition) is 0. The van der Waals surface area contributed by atoms with Crippen molar-refractivity contribution in [3.63, 3.8) is 0 Å². The summed E-state index contributed by atoms with van der Waals surface area (Å²) >= 11 is 0. The van der Waals surface area contributed by atoms with Crippen LogP contribution in [-0.2, 0) is 25.5 Å². The normalized spacial score (nSPS) is 32.2. The van der Waals surface area contributed by atoms with Gasteiger partial charge in [0.2, 0.25) is 0 Å². The molecule has 0 radical (unpaired) electrons. The highest BCUT2D eigenvalue weighted by Gasteiger charge is 2.56. The Labute approximate surface area is 188 Å². The lowest BCUT2D eigenvalue weighted by molar-refractivity contribution is -0.278. The first-order chi connectivity index (χ1) is 15.9. The van der Waals surface area contributed by atoms with Gasteiger partial charge in [-0.3, -0.25) is 4.90 Å². The summed E-state index contributed by atoms with van der Waals surface area (Å²) in [6.45, 7) is 2.02. The lowest BCUT2D eigenvalue weighted by atomic mass is 10.0. The first-order valence-electron chi connectivity index (χ1n) is 11.3. The van der Waals surface area contributed by atoms with Crippen molar-refractivity contribution in [2.45, 2.75) is 43.4 Å². The maximum Gasteiger partial charge on any atom is 0.184 e. The quantitative estimate of drug-likeness (QED) is 0.612. The minimum Gasteiger partial charge on any atom is -0.347 e. The number of likely N-dealkylation sites (tertiary alicyclic amines) is 1. The second kappa shape index (κ2) is 8.77. The Morgan fingerprint density at radius 3 is 1.50 bits per heavy atom. The maximum absolute atomic E-state index is 6.57. The number of fused-ring (bicyclic) bond motifs is 3. The van der Waals surface area contributed by atoms with Gasteiger partial charge in [-0.25, -0.2) is 0 Å². The molecule has 0 spiro atoms. The van der Waals surface area contributed by atoms with E-state index in [0.717, 1.165) is 17.7 Å². The monoisotopic (exact) mass is 429 g/mol. The Balaban J connectivity index is 1.28. The molecule has 0 aromatic heterocycles. The molecule has 3 aromatic carbocycles. The zero-order valence-electron chi connectivity index (χ0n) is 17.8. The van der Waals surface area contributed by atoms with Crippen molar-refractivity contribution in [2.24, 2.45) is 0 Å². The summed E-state index contributed by atoms with van der Waals surface area (Å²) in [5.41, 5.74) is 3.34. The van der Waals surface area contributed by atoms with Gasteiger partial charge in [-0.15, -0.1) is 0 Å². The average molecular weight is 430 g/mol. The molecule has 6 rings (SSSR count). The van der Waals surface area contributed by atoms with Crippen molar-refractivity contribution < 1.29 is 18.9 Å². The highest BCUT2D eigenvalue weighted by Crippen LogP contribution is 2.43. The molecule has 3 saturated heterocycles. The van der Waals surface area contributed by atoms with Gasteiger partial charge in [0.25, 0.3) is 0 Å². The molecule has 32 heavy (non-hydrogen) atoms. The second-order valence-electron chi connectivity index (χ2n) is 8.65. The van der Waals surface area contributed by atoms with Crippen molar-refractivity contribution in [3.8, 4) is 0 Å². The van der Waals surface area contributed by atoms with Gasteiger partial charge in [0.15, 0.2) is 12.6 Å². The molecule has 0 saturated carbocycles.